The first-order chi connectivity index (χ1) is 24.5. The first kappa shape index (κ1) is 48.3. The molecule has 0 fully saturated rings. The van der Waals surface area contributed by atoms with Gasteiger partial charge in [0.2, 0.25) is 5.91 Å². The van der Waals surface area contributed by atoms with Gasteiger partial charge in [0.1, 0.15) is 12.2 Å². The third-order valence-corrected chi connectivity index (χ3v) is 9.49. The molecule has 0 radical (unpaired) electrons. The minimum Gasteiger partial charge on any atom is -0.394 e. The van der Waals surface area contributed by atoms with Crippen LogP contribution >= 0.6 is 0 Å². The molecule has 6 heteroatoms. The summed E-state index contributed by atoms with van der Waals surface area (Å²) in [5.41, 5.74) is 0. The highest BCUT2D eigenvalue weighted by atomic mass is 16.3. The van der Waals surface area contributed by atoms with E-state index < -0.39 is 36.9 Å². The first-order valence-corrected chi connectivity index (χ1v) is 21.0. The van der Waals surface area contributed by atoms with Gasteiger partial charge in [-0.1, -0.05) is 159 Å². The highest BCUT2D eigenvalue weighted by Gasteiger charge is 2.28. The van der Waals surface area contributed by atoms with Gasteiger partial charge in [-0.3, -0.25) is 4.79 Å². The van der Waals surface area contributed by atoms with E-state index >= 15 is 0 Å². The molecule has 0 saturated carbocycles. The molecule has 0 aromatic rings. The molecule has 5 N–H and O–H groups in total. The first-order valence-electron chi connectivity index (χ1n) is 21.0. The van der Waals surface area contributed by atoms with Gasteiger partial charge in [0.15, 0.2) is 0 Å². The molecule has 0 aliphatic carbocycles. The summed E-state index contributed by atoms with van der Waals surface area (Å²) in [6.45, 7) is 3.99. The minimum atomic E-state index is -1.29. The highest BCUT2D eigenvalue weighted by Crippen LogP contribution is 2.14. The molecule has 1 amide bonds. The molecule has 0 rings (SSSR count). The Morgan fingerprint density at radius 2 is 0.900 bits per heavy atom. The molecule has 0 aliphatic rings. The molecule has 4 unspecified atom stereocenters. The number of nitrogens with one attached hydrogen (secondary N) is 1. The lowest BCUT2D eigenvalue weighted by atomic mass is 10.00. The summed E-state index contributed by atoms with van der Waals surface area (Å²) in [5, 5.41) is 43.6. The van der Waals surface area contributed by atoms with Gasteiger partial charge in [0, 0.05) is 0 Å². The molecule has 4 atom stereocenters. The van der Waals surface area contributed by atoms with E-state index in [-0.39, 0.29) is 0 Å². The van der Waals surface area contributed by atoms with Gasteiger partial charge in [0.25, 0.3) is 0 Å². The third-order valence-electron chi connectivity index (χ3n) is 9.49. The predicted octanol–water partition coefficient (Wildman–Crippen LogP) is 10.7. The number of hydrogen-bond acceptors (Lipinski definition) is 5. The Morgan fingerprint density at radius 3 is 1.42 bits per heavy atom. The Kier molecular flexibility index (Phi) is 37.2. The molecule has 0 heterocycles. The number of unbranched alkanes of at least 4 members (excludes halogenated alkanes) is 20. The number of hydrogen-bond donors (Lipinski definition) is 5. The Hall–Kier alpha value is -1.73. The normalized spacial score (nSPS) is 14.8. The Morgan fingerprint density at radius 1 is 0.500 bits per heavy atom. The van der Waals surface area contributed by atoms with Crippen molar-refractivity contribution in [2.24, 2.45) is 0 Å². The fourth-order valence-electron chi connectivity index (χ4n) is 6.10. The SMILES string of the molecule is CCCCC/C=C\C/C=C\CCCCCCCCC(O)C(=O)NC(CO)C(O)C(O)CCC/C=C/CC/C=C/CCCCCCCCCCC. The van der Waals surface area contributed by atoms with Crippen LogP contribution in [0.1, 0.15) is 194 Å². The van der Waals surface area contributed by atoms with Gasteiger partial charge in [0.05, 0.1) is 18.8 Å². The number of rotatable bonds is 37. The summed E-state index contributed by atoms with van der Waals surface area (Å²) in [7, 11) is 0. The Balaban J connectivity index is 3.87. The predicted molar refractivity (Wildman–Crippen MR) is 214 cm³/mol. The molecule has 0 aromatic carbocycles. The summed E-state index contributed by atoms with van der Waals surface area (Å²) < 4.78 is 0. The lowest BCUT2D eigenvalue weighted by Gasteiger charge is -2.27. The zero-order valence-electron chi connectivity index (χ0n) is 32.6. The van der Waals surface area contributed by atoms with E-state index in [1.807, 2.05) is 0 Å². The van der Waals surface area contributed by atoms with Gasteiger partial charge >= 0.3 is 0 Å². The Labute approximate surface area is 309 Å². The number of aliphatic hydroxyl groups excluding tert-OH is 4. The van der Waals surface area contributed by atoms with E-state index in [2.05, 4.69) is 67.8 Å². The molecule has 292 valence electrons. The maximum Gasteiger partial charge on any atom is 0.249 e. The number of carbonyl (C=O) groups excluding carboxylic acids is 1. The number of carbonyl (C=O) groups is 1. The average Bonchev–Trinajstić information content (AvgIpc) is 3.12. The number of allylic oxidation sites excluding steroid dienone is 8. The van der Waals surface area contributed by atoms with E-state index in [9.17, 15) is 25.2 Å². The molecular weight excluding hydrogens is 622 g/mol. The van der Waals surface area contributed by atoms with E-state index in [0.29, 0.717) is 19.3 Å². The monoisotopic (exact) mass is 704 g/mol. The van der Waals surface area contributed by atoms with Crippen molar-refractivity contribution in [2.45, 2.75) is 218 Å². The van der Waals surface area contributed by atoms with Crippen LogP contribution in [-0.4, -0.2) is 57.3 Å². The number of amides is 1. The van der Waals surface area contributed by atoms with Crippen LogP contribution in [0, 0.1) is 0 Å². The van der Waals surface area contributed by atoms with Crippen LogP contribution in [0.5, 0.6) is 0 Å². The second kappa shape index (κ2) is 38.5. The quantitative estimate of drug-likeness (QED) is 0.0327. The topological polar surface area (TPSA) is 110 Å². The van der Waals surface area contributed by atoms with Gasteiger partial charge in [-0.05, 0) is 83.5 Å². The highest BCUT2D eigenvalue weighted by molar-refractivity contribution is 5.80. The standard InChI is InChI=1S/C44H81NO5/c1-3-5-7-9-11-13-15-17-19-21-22-24-25-27-29-31-33-35-37-41(47)43(49)40(39-46)45-44(50)42(48)38-36-34-32-30-28-26-23-20-18-16-14-12-10-8-6-4-2/h12,14,18,20,22,24,29,31,40-43,46-49H,3-11,13,15-17,19,21,23,25-28,30,32-39H2,1-2H3,(H,45,50)/b14-12-,20-18-,24-22+,31-29+. The van der Waals surface area contributed by atoms with Crippen molar-refractivity contribution in [3.05, 3.63) is 48.6 Å². The van der Waals surface area contributed by atoms with Crippen molar-refractivity contribution in [3.8, 4) is 0 Å². The summed E-state index contributed by atoms with van der Waals surface area (Å²) in [6.07, 6.45) is 45.6. The van der Waals surface area contributed by atoms with Crippen LogP contribution in [0.3, 0.4) is 0 Å². The van der Waals surface area contributed by atoms with Crippen molar-refractivity contribution < 1.29 is 25.2 Å². The van der Waals surface area contributed by atoms with Crippen LogP contribution in [0.2, 0.25) is 0 Å². The molecule has 0 bridgehead atoms. The van der Waals surface area contributed by atoms with Gasteiger partial charge in [-0.2, -0.15) is 0 Å². The molecule has 0 aliphatic heterocycles. The summed E-state index contributed by atoms with van der Waals surface area (Å²) in [6, 6.07) is -1.01. The fraction of sp³-hybridized carbons (Fsp3) is 0.795. The summed E-state index contributed by atoms with van der Waals surface area (Å²) >= 11 is 0. The average molecular weight is 704 g/mol. The molecule has 6 nitrogen and oxygen atoms in total. The molecule has 0 aromatic heterocycles. The molecule has 0 saturated heterocycles. The maximum atomic E-state index is 12.5. The van der Waals surface area contributed by atoms with Crippen LogP contribution in [0.15, 0.2) is 48.6 Å². The third kappa shape index (κ3) is 32.2. The Bertz CT molecular complexity index is 838. The van der Waals surface area contributed by atoms with Crippen LogP contribution < -0.4 is 5.32 Å². The van der Waals surface area contributed by atoms with E-state index in [0.717, 1.165) is 57.8 Å². The minimum absolute atomic E-state index is 0.346. The summed E-state index contributed by atoms with van der Waals surface area (Å²) in [5.74, 6) is -0.608. The van der Waals surface area contributed by atoms with Crippen LogP contribution in [0.4, 0.5) is 0 Å². The van der Waals surface area contributed by atoms with Gasteiger partial charge in [-0.15, -0.1) is 0 Å². The second-order valence-corrected chi connectivity index (χ2v) is 14.3. The van der Waals surface area contributed by atoms with Crippen molar-refractivity contribution in [3.63, 3.8) is 0 Å². The van der Waals surface area contributed by atoms with E-state index in [1.54, 1.807) is 0 Å². The van der Waals surface area contributed by atoms with E-state index in [1.165, 1.54) is 103 Å². The van der Waals surface area contributed by atoms with E-state index in [4.69, 9.17) is 0 Å². The smallest absolute Gasteiger partial charge is 0.249 e. The number of aliphatic hydroxyl groups is 4. The maximum absolute atomic E-state index is 12.5. The molecule has 50 heavy (non-hydrogen) atoms. The lowest BCUT2D eigenvalue weighted by Crippen LogP contribution is -2.53. The van der Waals surface area contributed by atoms with Crippen molar-refractivity contribution in [2.75, 3.05) is 6.61 Å². The van der Waals surface area contributed by atoms with Gasteiger partial charge in [-0.25, -0.2) is 0 Å². The van der Waals surface area contributed by atoms with Crippen molar-refractivity contribution in [1.29, 1.82) is 0 Å². The molecular formula is C44H81NO5. The van der Waals surface area contributed by atoms with Gasteiger partial charge < -0.3 is 25.7 Å². The summed E-state index contributed by atoms with van der Waals surface area (Å²) in [4.78, 5) is 12.5. The van der Waals surface area contributed by atoms with Crippen molar-refractivity contribution >= 4 is 5.91 Å². The second-order valence-electron chi connectivity index (χ2n) is 14.3. The lowest BCUT2D eigenvalue weighted by molar-refractivity contribution is -0.132. The molecule has 0 spiro atoms. The zero-order valence-corrected chi connectivity index (χ0v) is 32.6. The van der Waals surface area contributed by atoms with Crippen LogP contribution in [0.25, 0.3) is 0 Å². The van der Waals surface area contributed by atoms with Crippen LogP contribution in [-0.2, 0) is 4.79 Å². The zero-order chi connectivity index (χ0) is 36.8. The fourth-order valence-corrected chi connectivity index (χ4v) is 6.10. The largest absolute Gasteiger partial charge is 0.394 e. The van der Waals surface area contributed by atoms with Crippen molar-refractivity contribution in [1.82, 2.24) is 5.32 Å².